The number of rotatable bonds is 16. The highest BCUT2D eigenvalue weighted by molar-refractivity contribution is 7.86. The maximum absolute atomic E-state index is 11.0. The third kappa shape index (κ3) is 18.4. The van der Waals surface area contributed by atoms with Crippen LogP contribution in [0, 0.1) is 0 Å². The zero-order valence-corrected chi connectivity index (χ0v) is 20.3. The molecule has 0 aliphatic heterocycles. The van der Waals surface area contributed by atoms with Crippen molar-refractivity contribution in [2.75, 3.05) is 43.4 Å². The van der Waals surface area contributed by atoms with Gasteiger partial charge in [-0.05, 0) is 25.6 Å². The average molecular weight is 500 g/mol. The summed E-state index contributed by atoms with van der Waals surface area (Å²) in [7, 11) is -15.2. The van der Waals surface area contributed by atoms with Gasteiger partial charge >= 0.3 is 0 Å². The second kappa shape index (κ2) is 11.5. The molecule has 176 valence electrons. The van der Waals surface area contributed by atoms with Gasteiger partial charge in [-0.2, -0.15) is 16.8 Å². The zero-order valence-electron chi connectivity index (χ0n) is 16.9. The predicted molar refractivity (Wildman–Crippen MR) is 110 cm³/mol. The Morgan fingerprint density at radius 2 is 1.07 bits per heavy atom. The lowest BCUT2D eigenvalue weighted by Crippen LogP contribution is -2.52. The Morgan fingerprint density at radius 1 is 0.724 bits per heavy atom. The normalized spacial score (nSPS) is 14.3. The summed E-state index contributed by atoms with van der Waals surface area (Å²) >= 11 is 0. The molecule has 15 heteroatoms. The molecule has 0 bridgehead atoms. The molecule has 0 saturated carbocycles. The van der Waals surface area contributed by atoms with Crippen molar-refractivity contribution in [2.24, 2.45) is 0 Å². The van der Waals surface area contributed by atoms with E-state index >= 15 is 0 Å². The highest BCUT2D eigenvalue weighted by Gasteiger charge is 2.29. The molecular weight excluding hydrogens is 466 g/mol. The molecule has 29 heavy (non-hydrogen) atoms. The quantitative estimate of drug-likeness (QED) is 0.147. The van der Waals surface area contributed by atoms with Gasteiger partial charge < -0.3 is 13.8 Å². The SMILES string of the molecule is C[Si](C)(O)CCC[N+](CCCS(=O)(=O)[O-])(CCCS(=O)(=O)O)CCCS(=O)(=O)O. The maximum atomic E-state index is 11.0. The van der Waals surface area contributed by atoms with Crippen molar-refractivity contribution in [1.29, 1.82) is 0 Å². The lowest BCUT2D eigenvalue weighted by atomic mass is 10.2. The van der Waals surface area contributed by atoms with Crippen molar-refractivity contribution in [2.45, 2.75) is 44.8 Å². The fourth-order valence-electron chi connectivity index (χ4n) is 3.26. The van der Waals surface area contributed by atoms with Gasteiger partial charge in [0, 0.05) is 25.0 Å². The van der Waals surface area contributed by atoms with Gasteiger partial charge in [-0.25, -0.2) is 8.42 Å². The standard InChI is InChI=1S/C14H33NO10S3Si/c1-29(2,25)14-6-10-15(7-3-11-26(16,17)18,8-4-12-27(19,20)21)9-5-13-28(22,23)24/h25H,3-14H2,1-2H3,(H2-,16,17,18,19,20,21,22,23,24). The van der Waals surface area contributed by atoms with Gasteiger partial charge in [-0.3, -0.25) is 9.11 Å². The first-order valence-corrected chi connectivity index (χ1v) is 17.2. The summed E-state index contributed by atoms with van der Waals surface area (Å²) < 4.78 is 95.0. The summed E-state index contributed by atoms with van der Waals surface area (Å²) in [5.41, 5.74) is 0. The van der Waals surface area contributed by atoms with Gasteiger partial charge in [0.25, 0.3) is 20.2 Å². The largest absolute Gasteiger partial charge is 0.748 e. The van der Waals surface area contributed by atoms with Crippen molar-refractivity contribution in [1.82, 2.24) is 0 Å². The van der Waals surface area contributed by atoms with Gasteiger partial charge in [0.15, 0.2) is 8.32 Å². The molecule has 0 fully saturated rings. The average Bonchev–Trinajstić information content (AvgIpc) is 2.41. The van der Waals surface area contributed by atoms with Crippen LogP contribution < -0.4 is 0 Å². The first kappa shape index (κ1) is 28.9. The smallest absolute Gasteiger partial charge is 0.265 e. The molecule has 0 heterocycles. The summed E-state index contributed by atoms with van der Waals surface area (Å²) in [6.45, 7) is 4.51. The third-order valence-electron chi connectivity index (χ3n) is 4.52. The van der Waals surface area contributed by atoms with Crippen LogP contribution in [0.25, 0.3) is 0 Å². The van der Waals surface area contributed by atoms with Crippen LogP contribution in [0.3, 0.4) is 0 Å². The summed E-state index contributed by atoms with van der Waals surface area (Å²) in [6, 6.07) is 0.531. The fraction of sp³-hybridized carbons (Fsp3) is 1.00. The van der Waals surface area contributed by atoms with E-state index in [1.165, 1.54) is 0 Å². The Bertz CT molecular complexity index is 710. The molecule has 0 aromatic heterocycles. The monoisotopic (exact) mass is 499 g/mol. The predicted octanol–water partition coefficient (Wildman–Crippen LogP) is -0.118. The van der Waals surface area contributed by atoms with Crippen LogP contribution in [0.5, 0.6) is 0 Å². The summed E-state index contributed by atoms with van der Waals surface area (Å²) in [6.07, 6.45) is 0.644. The van der Waals surface area contributed by atoms with E-state index in [2.05, 4.69) is 0 Å². The van der Waals surface area contributed by atoms with Gasteiger partial charge in [-0.15, -0.1) is 0 Å². The van der Waals surface area contributed by atoms with Crippen molar-refractivity contribution in [3.63, 3.8) is 0 Å². The molecule has 0 radical (unpaired) electrons. The van der Waals surface area contributed by atoms with Crippen molar-refractivity contribution in [3.05, 3.63) is 0 Å². The first-order valence-electron chi connectivity index (χ1n) is 9.24. The second-order valence-corrected chi connectivity index (χ2v) is 16.8. The Morgan fingerprint density at radius 3 is 1.38 bits per heavy atom. The van der Waals surface area contributed by atoms with Crippen molar-refractivity contribution < 1.29 is 48.2 Å². The second-order valence-electron chi connectivity index (χ2n) is 8.05. The van der Waals surface area contributed by atoms with Crippen LogP contribution in [0.2, 0.25) is 19.1 Å². The highest BCUT2D eigenvalue weighted by atomic mass is 32.2. The van der Waals surface area contributed by atoms with E-state index in [1.807, 2.05) is 0 Å². The topological polar surface area (TPSA) is 186 Å². The van der Waals surface area contributed by atoms with Crippen LogP contribution in [0.1, 0.15) is 25.7 Å². The van der Waals surface area contributed by atoms with Crippen LogP contribution >= 0.6 is 0 Å². The number of quaternary nitrogens is 1. The van der Waals surface area contributed by atoms with E-state index in [4.69, 9.17) is 9.11 Å². The van der Waals surface area contributed by atoms with E-state index < -0.39 is 55.9 Å². The zero-order chi connectivity index (χ0) is 23.0. The lowest BCUT2D eigenvalue weighted by Gasteiger charge is -2.39. The van der Waals surface area contributed by atoms with Crippen molar-refractivity contribution in [3.8, 4) is 0 Å². The molecule has 0 atom stereocenters. The van der Waals surface area contributed by atoms with Gasteiger partial charge in [0.1, 0.15) is 0 Å². The molecule has 0 unspecified atom stereocenters. The first-order chi connectivity index (χ1) is 12.8. The Balaban J connectivity index is 5.40. The molecule has 11 nitrogen and oxygen atoms in total. The van der Waals surface area contributed by atoms with E-state index in [0.29, 0.717) is 19.0 Å². The molecule has 0 rings (SSSR count). The minimum atomic E-state index is -4.44. The molecule has 0 aliphatic carbocycles. The lowest BCUT2D eigenvalue weighted by molar-refractivity contribution is -0.928. The molecule has 0 amide bonds. The molecule has 0 spiro atoms. The molecular formula is C14H33NO10S3Si. The molecule has 0 aromatic carbocycles. The summed E-state index contributed by atoms with van der Waals surface area (Å²) in [5, 5.41) is 0. The molecule has 0 aromatic rings. The Hall–Kier alpha value is -0.133. The molecule has 0 aliphatic rings. The number of hydrogen-bond donors (Lipinski definition) is 3. The van der Waals surface area contributed by atoms with Crippen molar-refractivity contribution >= 4 is 38.7 Å². The fourth-order valence-corrected chi connectivity index (χ4v) is 5.75. The van der Waals surface area contributed by atoms with Crippen LogP contribution in [-0.2, 0) is 30.4 Å². The summed E-state index contributed by atoms with van der Waals surface area (Å²) in [4.78, 5) is 10.0. The van der Waals surface area contributed by atoms with Gasteiger partial charge in [-0.1, -0.05) is 0 Å². The number of nitrogens with zero attached hydrogens (tertiary/aromatic N) is 1. The number of hydrogen-bond acceptors (Lipinski definition) is 8. The highest BCUT2D eigenvalue weighted by Crippen LogP contribution is 2.18. The van der Waals surface area contributed by atoms with Gasteiger partial charge in [0.05, 0.1) is 47.8 Å². The minimum Gasteiger partial charge on any atom is -0.748 e. The molecule has 3 N–H and O–H groups in total. The van der Waals surface area contributed by atoms with E-state index in [-0.39, 0.29) is 43.4 Å². The summed E-state index contributed by atoms with van der Waals surface area (Å²) in [5.74, 6) is -1.62. The molecule has 0 saturated heterocycles. The van der Waals surface area contributed by atoms with E-state index in [1.54, 1.807) is 13.1 Å². The van der Waals surface area contributed by atoms with E-state index in [9.17, 15) is 34.6 Å². The van der Waals surface area contributed by atoms with Crippen LogP contribution in [0.4, 0.5) is 0 Å². The van der Waals surface area contributed by atoms with Crippen LogP contribution in [0.15, 0.2) is 0 Å². The van der Waals surface area contributed by atoms with Gasteiger partial charge in [0.2, 0.25) is 0 Å². The van der Waals surface area contributed by atoms with Crippen LogP contribution in [-0.4, -0.2) is 99.9 Å². The maximum Gasteiger partial charge on any atom is 0.265 e. The minimum absolute atomic E-state index is 0.00350. The third-order valence-corrected chi connectivity index (χ3v) is 8.49. The van der Waals surface area contributed by atoms with E-state index in [0.717, 1.165) is 0 Å². The Labute approximate surface area is 175 Å². The Kier molecular flexibility index (Phi) is 11.4.